The number of hydrogen-bond donors (Lipinski definition) is 1. The number of nitrogens with zero attached hydrogens (tertiary/aromatic N) is 3. The summed E-state index contributed by atoms with van der Waals surface area (Å²) in [6, 6.07) is 13.3. The molecule has 8 heteroatoms. The molecule has 0 unspecified atom stereocenters. The molecule has 0 atom stereocenters. The molecular weight excluding hydrogens is 360 g/mol. The molecule has 1 amide bonds. The number of carbonyl (C=O) groups is 1. The van der Waals surface area contributed by atoms with Crippen LogP contribution in [0.25, 0.3) is 17.1 Å². The molecule has 0 saturated carbocycles. The minimum absolute atomic E-state index is 0.00118. The second-order valence-electron chi connectivity index (χ2n) is 6.25. The van der Waals surface area contributed by atoms with Crippen LogP contribution in [-0.2, 0) is 4.79 Å². The highest BCUT2D eigenvalue weighted by molar-refractivity contribution is 5.90. The smallest absolute Gasteiger partial charge is 0.336 e. The Bertz CT molecular complexity index is 998. The van der Waals surface area contributed by atoms with Gasteiger partial charge in [-0.25, -0.2) is 4.68 Å². The number of hydrogen-bond acceptors (Lipinski definition) is 6. The van der Waals surface area contributed by atoms with Crippen LogP contribution in [0.15, 0.2) is 42.5 Å². The van der Waals surface area contributed by atoms with Crippen LogP contribution >= 0.6 is 0 Å². The van der Waals surface area contributed by atoms with Crippen LogP contribution in [0.1, 0.15) is 19.8 Å². The highest BCUT2D eigenvalue weighted by Gasteiger charge is 2.19. The first-order valence-electron chi connectivity index (χ1n) is 8.99. The number of ether oxygens (including phenoxy) is 3. The number of fused-ring (bicyclic) bond motifs is 1. The van der Waals surface area contributed by atoms with E-state index < -0.39 is 0 Å². The minimum Gasteiger partial charge on any atom is -0.466 e. The van der Waals surface area contributed by atoms with Gasteiger partial charge in [0.1, 0.15) is 0 Å². The van der Waals surface area contributed by atoms with Crippen LogP contribution in [0.3, 0.4) is 0 Å². The molecule has 3 aromatic rings. The van der Waals surface area contributed by atoms with Gasteiger partial charge in [-0.1, -0.05) is 6.92 Å². The van der Waals surface area contributed by atoms with Crippen molar-refractivity contribution < 1.29 is 19.0 Å². The second-order valence-corrected chi connectivity index (χ2v) is 6.25. The van der Waals surface area contributed by atoms with Gasteiger partial charge < -0.3 is 19.5 Å². The summed E-state index contributed by atoms with van der Waals surface area (Å²) >= 11 is 0. The lowest BCUT2D eigenvalue weighted by Gasteiger charge is -2.08. The Morgan fingerprint density at radius 1 is 1.18 bits per heavy atom. The Morgan fingerprint density at radius 2 is 1.96 bits per heavy atom. The van der Waals surface area contributed by atoms with Gasteiger partial charge in [-0.2, -0.15) is 4.98 Å². The number of aromatic nitrogens is 3. The van der Waals surface area contributed by atoms with Crippen molar-refractivity contribution in [2.45, 2.75) is 19.8 Å². The van der Waals surface area contributed by atoms with Gasteiger partial charge in [0, 0.05) is 17.7 Å². The third kappa shape index (κ3) is 3.48. The molecule has 0 saturated heterocycles. The van der Waals surface area contributed by atoms with Crippen LogP contribution < -0.4 is 19.5 Å². The topological polar surface area (TPSA) is 87.5 Å². The molecule has 0 spiro atoms. The van der Waals surface area contributed by atoms with Crippen molar-refractivity contribution in [3.05, 3.63) is 42.5 Å². The fourth-order valence-corrected chi connectivity index (χ4v) is 2.92. The highest BCUT2D eigenvalue weighted by Crippen LogP contribution is 2.36. The maximum Gasteiger partial charge on any atom is 0.336 e. The highest BCUT2D eigenvalue weighted by atomic mass is 16.7. The maximum atomic E-state index is 11.8. The van der Waals surface area contributed by atoms with E-state index in [-0.39, 0.29) is 18.7 Å². The first kappa shape index (κ1) is 17.8. The molecule has 144 valence electrons. The number of methoxy groups -OCH3 is 1. The predicted molar refractivity (Wildman–Crippen MR) is 103 cm³/mol. The molecule has 1 aromatic heterocycles. The van der Waals surface area contributed by atoms with Crippen LogP contribution in [0.2, 0.25) is 0 Å². The zero-order valence-electron chi connectivity index (χ0n) is 15.6. The van der Waals surface area contributed by atoms with E-state index in [0.717, 1.165) is 23.4 Å². The van der Waals surface area contributed by atoms with Crippen molar-refractivity contribution in [3.8, 4) is 34.6 Å². The average molecular weight is 380 g/mol. The van der Waals surface area contributed by atoms with E-state index >= 15 is 0 Å². The fraction of sp³-hybridized carbons (Fsp3) is 0.250. The normalized spacial score (nSPS) is 12.1. The Labute approximate surface area is 162 Å². The van der Waals surface area contributed by atoms with Gasteiger partial charge in [0.2, 0.25) is 12.7 Å². The van der Waals surface area contributed by atoms with Crippen molar-refractivity contribution in [2.24, 2.45) is 0 Å². The van der Waals surface area contributed by atoms with E-state index in [9.17, 15) is 4.79 Å². The van der Waals surface area contributed by atoms with Crippen LogP contribution in [0.4, 0.5) is 5.69 Å². The minimum atomic E-state index is -0.00118. The van der Waals surface area contributed by atoms with Crippen LogP contribution in [0.5, 0.6) is 17.5 Å². The zero-order valence-corrected chi connectivity index (χ0v) is 15.6. The van der Waals surface area contributed by atoms with Gasteiger partial charge >= 0.3 is 6.01 Å². The molecule has 0 radical (unpaired) electrons. The summed E-state index contributed by atoms with van der Waals surface area (Å²) in [5, 5.41) is 7.29. The molecule has 1 N–H and O–H groups in total. The number of benzene rings is 2. The van der Waals surface area contributed by atoms with Gasteiger partial charge in [-0.3, -0.25) is 4.79 Å². The molecule has 4 rings (SSSR count). The van der Waals surface area contributed by atoms with E-state index in [1.54, 1.807) is 4.68 Å². The lowest BCUT2D eigenvalue weighted by atomic mass is 10.2. The Balaban J connectivity index is 1.66. The summed E-state index contributed by atoms with van der Waals surface area (Å²) < 4.78 is 17.7. The first-order valence-corrected chi connectivity index (χ1v) is 8.99. The molecule has 0 aliphatic carbocycles. The summed E-state index contributed by atoms with van der Waals surface area (Å²) in [4.78, 5) is 16.2. The van der Waals surface area contributed by atoms with Crippen LogP contribution in [0, 0.1) is 0 Å². The molecule has 2 aromatic carbocycles. The quantitative estimate of drug-likeness (QED) is 0.705. The lowest BCUT2D eigenvalue weighted by Crippen LogP contribution is -2.10. The lowest BCUT2D eigenvalue weighted by molar-refractivity contribution is -0.116. The number of anilines is 1. The summed E-state index contributed by atoms with van der Waals surface area (Å²) in [6.07, 6.45) is 1.30. The van der Waals surface area contributed by atoms with Gasteiger partial charge in [0.15, 0.2) is 17.3 Å². The molecule has 28 heavy (non-hydrogen) atoms. The second kappa shape index (κ2) is 7.59. The summed E-state index contributed by atoms with van der Waals surface area (Å²) in [5.74, 6) is 1.98. The fourth-order valence-electron chi connectivity index (χ4n) is 2.92. The van der Waals surface area contributed by atoms with Crippen molar-refractivity contribution in [1.82, 2.24) is 14.8 Å². The molecular formula is C20H20N4O4. The SMILES string of the molecule is CCCC(=O)Nc1ccc(-n2nc(OC)nc2-c2ccc3c(c2)OCO3)cc1. The van der Waals surface area contributed by atoms with Crippen molar-refractivity contribution in [3.63, 3.8) is 0 Å². The monoisotopic (exact) mass is 380 g/mol. The first-order chi connectivity index (χ1) is 13.7. The number of amides is 1. The number of nitrogens with one attached hydrogen (secondary N) is 1. The summed E-state index contributed by atoms with van der Waals surface area (Å²) in [7, 11) is 1.52. The Morgan fingerprint density at radius 3 is 2.71 bits per heavy atom. The van der Waals surface area contributed by atoms with Crippen molar-refractivity contribution >= 4 is 11.6 Å². The van der Waals surface area contributed by atoms with Gasteiger partial charge in [-0.05, 0) is 48.9 Å². The summed E-state index contributed by atoms with van der Waals surface area (Å²) in [5.41, 5.74) is 2.34. The molecule has 0 fully saturated rings. The third-order valence-corrected chi connectivity index (χ3v) is 4.27. The molecule has 2 heterocycles. The Hall–Kier alpha value is -3.55. The molecule has 1 aliphatic rings. The van der Waals surface area contributed by atoms with Crippen molar-refractivity contribution in [1.29, 1.82) is 0 Å². The van der Waals surface area contributed by atoms with Gasteiger partial charge in [-0.15, -0.1) is 5.10 Å². The molecule has 8 nitrogen and oxygen atoms in total. The largest absolute Gasteiger partial charge is 0.466 e. The van der Waals surface area contributed by atoms with E-state index in [1.807, 2.05) is 49.4 Å². The van der Waals surface area contributed by atoms with Crippen LogP contribution in [-0.4, -0.2) is 34.6 Å². The third-order valence-electron chi connectivity index (χ3n) is 4.27. The molecule has 0 bridgehead atoms. The summed E-state index contributed by atoms with van der Waals surface area (Å²) in [6.45, 7) is 2.18. The van der Waals surface area contributed by atoms with Crippen molar-refractivity contribution in [2.75, 3.05) is 19.2 Å². The van der Waals surface area contributed by atoms with Gasteiger partial charge in [0.05, 0.1) is 12.8 Å². The maximum absolute atomic E-state index is 11.8. The Kier molecular flexibility index (Phi) is 4.84. The van der Waals surface area contributed by atoms with E-state index in [4.69, 9.17) is 14.2 Å². The molecule has 1 aliphatic heterocycles. The standard InChI is InChI=1S/C20H20N4O4/c1-3-4-18(25)21-14-6-8-15(9-7-14)24-19(22-20(23-24)26-2)13-5-10-16-17(11-13)28-12-27-16/h5-11H,3-4,12H2,1-2H3,(H,21,25). The number of rotatable bonds is 6. The number of carbonyl (C=O) groups excluding carboxylic acids is 1. The average Bonchev–Trinajstić information content (AvgIpc) is 3.35. The predicted octanol–water partition coefficient (Wildman–Crippen LogP) is 3.41. The van der Waals surface area contributed by atoms with E-state index in [2.05, 4.69) is 15.4 Å². The van der Waals surface area contributed by atoms with Gasteiger partial charge in [0.25, 0.3) is 0 Å². The van der Waals surface area contributed by atoms with E-state index in [1.165, 1.54) is 7.11 Å². The van der Waals surface area contributed by atoms with E-state index in [0.29, 0.717) is 23.7 Å². The zero-order chi connectivity index (χ0) is 19.5.